The molecule has 1 atom stereocenters. The van der Waals surface area contributed by atoms with Crippen molar-refractivity contribution < 1.29 is 19.8 Å². The SMILES string of the molecule is NC(CCC1(CC(=O)O)CCCCC1)C(=O)O. The molecule has 1 rings (SSSR count). The third-order valence-electron chi connectivity index (χ3n) is 3.74. The van der Waals surface area contributed by atoms with Gasteiger partial charge in [0.25, 0.3) is 0 Å². The van der Waals surface area contributed by atoms with Crippen molar-refractivity contribution in [2.45, 2.75) is 57.4 Å². The highest BCUT2D eigenvalue weighted by molar-refractivity contribution is 5.73. The van der Waals surface area contributed by atoms with Gasteiger partial charge in [0.15, 0.2) is 0 Å². The highest BCUT2D eigenvalue weighted by Crippen LogP contribution is 2.43. The molecule has 1 fully saturated rings. The first-order valence-corrected chi connectivity index (χ1v) is 6.15. The second-order valence-corrected chi connectivity index (χ2v) is 5.11. The summed E-state index contributed by atoms with van der Waals surface area (Å²) in [5.41, 5.74) is 5.25. The van der Waals surface area contributed by atoms with Crippen molar-refractivity contribution >= 4 is 11.9 Å². The fourth-order valence-corrected chi connectivity index (χ4v) is 2.72. The summed E-state index contributed by atoms with van der Waals surface area (Å²) in [7, 11) is 0. The van der Waals surface area contributed by atoms with E-state index in [1.807, 2.05) is 0 Å². The summed E-state index contributed by atoms with van der Waals surface area (Å²) in [5.74, 6) is -1.80. The van der Waals surface area contributed by atoms with Crippen LogP contribution in [0.3, 0.4) is 0 Å². The van der Waals surface area contributed by atoms with Crippen LogP contribution in [0.4, 0.5) is 0 Å². The Morgan fingerprint density at radius 2 is 1.76 bits per heavy atom. The van der Waals surface area contributed by atoms with E-state index in [1.165, 1.54) is 0 Å². The Labute approximate surface area is 101 Å². The van der Waals surface area contributed by atoms with Crippen LogP contribution < -0.4 is 5.73 Å². The number of carbonyl (C=O) groups is 2. The van der Waals surface area contributed by atoms with E-state index in [2.05, 4.69) is 0 Å². The largest absolute Gasteiger partial charge is 0.481 e. The molecule has 4 N–H and O–H groups in total. The van der Waals surface area contributed by atoms with E-state index < -0.39 is 18.0 Å². The Morgan fingerprint density at radius 3 is 2.24 bits per heavy atom. The van der Waals surface area contributed by atoms with Crippen molar-refractivity contribution in [1.82, 2.24) is 0 Å². The molecule has 0 aromatic rings. The molecule has 1 saturated carbocycles. The molecule has 17 heavy (non-hydrogen) atoms. The quantitative estimate of drug-likeness (QED) is 0.658. The average molecular weight is 243 g/mol. The van der Waals surface area contributed by atoms with Crippen LogP contribution in [0.5, 0.6) is 0 Å². The number of carboxylic acids is 2. The highest BCUT2D eigenvalue weighted by Gasteiger charge is 2.34. The number of carboxylic acid groups (broad SMARTS) is 2. The Bertz CT molecular complexity index is 284. The zero-order chi connectivity index (χ0) is 12.9. The molecule has 0 spiro atoms. The Kier molecular flexibility index (Phi) is 4.93. The first-order valence-electron chi connectivity index (χ1n) is 6.15. The molecule has 0 aromatic carbocycles. The van der Waals surface area contributed by atoms with Gasteiger partial charge >= 0.3 is 11.9 Å². The summed E-state index contributed by atoms with van der Waals surface area (Å²) in [4.78, 5) is 21.6. The zero-order valence-electron chi connectivity index (χ0n) is 10.0. The summed E-state index contributed by atoms with van der Waals surface area (Å²) in [6.07, 6.45) is 6.09. The lowest BCUT2D eigenvalue weighted by atomic mass is 9.68. The summed E-state index contributed by atoms with van der Waals surface area (Å²) < 4.78 is 0. The fourth-order valence-electron chi connectivity index (χ4n) is 2.72. The van der Waals surface area contributed by atoms with E-state index in [1.54, 1.807) is 0 Å². The van der Waals surface area contributed by atoms with Gasteiger partial charge in [-0.3, -0.25) is 9.59 Å². The standard InChI is InChI=1S/C12H21NO4/c13-9(11(16)17)4-7-12(8-10(14)15)5-2-1-3-6-12/h9H,1-8,13H2,(H,14,15)(H,16,17). The van der Waals surface area contributed by atoms with E-state index in [4.69, 9.17) is 15.9 Å². The van der Waals surface area contributed by atoms with Crippen LogP contribution in [0.15, 0.2) is 0 Å². The van der Waals surface area contributed by atoms with Crippen LogP contribution in [0.2, 0.25) is 0 Å². The Balaban J connectivity index is 2.57. The molecule has 0 aliphatic heterocycles. The van der Waals surface area contributed by atoms with Gasteiger partial charge in [0, 0.05) is 0 Å². The van der Waals surface area contributed by atoms with Crippen LogP contribution in [0.25, 0.3) is 0 Å². The molecule has 0 bridgehead atoms. The molecule has 0 saturated heterocycles. The van der Waals surface area contributed by atoms with Gasteiger partial charge in [-0.2, -0.15) is 0 Å². The number of nitrogens with two attached hydrogens (primary N) is 1. The number of hydrogen-bond donors (Lipinski definition) is 3. The molecule has 1 aliphatic carbocycles. The molecule has 5 nitrogen and oxygen atoms in total. The van der Waals surface area contributed by atoms with Gasteiger partial charge in [-0.15, -0.1) is 0 Å². The van der Waals surface area contributed by atoms with Crippen molar-refractivity contribution in [3.05, 3.63) is 0 Å². The molecule has 1 aliphatic rings. The Morgan fingerprint density at radius 1 is 1.18 bits per heavy atom. The van der Waals surface area contributed by atoms with Crippen LogP contribution in [0, 0.1) is 5.41 Å². The monoisotopic (exact) mass is 243 g/mol. The maximum Gasteiger partial charge on any atom is 0.320 e. The van der Waals surface area contributed by atoms with Gasteiger partial charge in [-0.1, -0.05) is 19.3 Å². The molecule has 98 valence electrons. The number of hydrogen-bond acceptors (Lipinski definition) is 3. The lowest BCUT2D eigenvalue weighted by molar-refractivity contribution is -0.140. The fraction of sp³-hybridized carbons (Fsp3) is 0.833. The van der Waals surface area contributed by atoms with Crippen LogP contribution in [-0.4, -0.2) is 28.2 Å². The van der Waals surface area contributed by atoms with Crippen molar-refractivity contribution in [1.29, 1.82) is 0 Å². The van der Waals surface area contributed by atoms with Gasteiger partial charge in [-0.25, -0.2) is 0 Å². The summed E-state index contributed by atoms with van der Waals surface area (Å²) in [6, 6.07) is -0.873. The van der Waals surface area contributed by atoms with Crippen molar-refractivity contribution in [3.8, 4) is 0 Å². The predicted octanol–water partition coefficient (Wildman–Crippen LogP) is 1.60. The van der Waals surface area contributed by atoms with Crippen molar-refractivity contribution in [2.24, 2.45) is 11.1 Å². The second kappa shape index (κ2) is 6.00. The van der Waals surface area contributed by atoms with Crippen molar-refractivity contribution in [3.63, 3.8) is 0 Å². The highest BCUT2D eigenvalue weighted by atomic mass is 16.4. The van der Waals surface area contributed by atoms with E-state index >= 15 is 0 Å². The smallest absolute Gasteiger partial charge is 0.320 e. The van der Waals surface area contributed by atoms with E-state index in [0.29, 0.717) is 12.8 Å². The molecular formula is C12H21NO4. The topological polar surface area (TPSA) is 101 Å². The van der Waals surface area contributed by atoms with E-state index in [-0.39, 0.29) is 11.8 Å². The van der Waals surface area contributed by atoms with Gasteiger partial charge < -0.3 is 15.9 Å². The molecule has 5 heteroatoms. The second-order valence-electron chi connectivity index (χ2n) is 5.11. The maximum absolute atomic E-state index is 10.9. The first kappa shape index (κ1) is 14.0. The van der Waals surface area contributed by atoms with Crippen LogP contribution in [-0.2, 0) is 9.59 Å². The molecule has 0 heterocycles. The van der Waals surface area contributed by atoms with E-state index in [0.717, 1.165) is 32.1 Å². The van der Waals surface area contributed by atoms with Gasteiger partial charge in [0.1, 0.15) is 6.04 Å². The van der Waals surface area contributed by atoms with Gasteiger partial charge in [0.2, 0.25) is 0 Å². The minimum Gasteiger partial charge on any atom is -0.481 e. The van der Waals surface area contributed by atoms with Crippen molar-refractivity contribution in [2.75, 3.05) is 0 Å². The maximum atomic E-state index is 10.9. The normalized spacial score (nSPS) is 20.8. The average Bonchev–Trinajstić information content (AvgIpc) is 2.26. The number of rotatable bonds is 6. The first-order chi connectivity index (χ1) is 7.95. The molecule has 0 aromatic heterocycles. The molecular weight excluding hydrogens is 222 g/mol. The minimum absolute atomic E-state index is 0.138. The van der Waals surface area contributed by atoms with Crippen LogP contribution in [0.1, 0.15) is 51.4 Å². The third-order valence-corrected chi connectivity index (χ3v) is 3.74. The summed E-state index contributed by atoms with van der Waals surface area (Å²) in [6.45, 7) is 0. The zero-order valence-corrected chi connectivity index (χ0v) is 10.0. The lowest BCUT2D eigenvalue weighted by Crippen LogP contribution is -2.34. The van der Waals surface area contributed by atoms with Gasteiger partial charge in [-0.05, 0) is 31.1 Å². The lowest BCUT2D eigenvalue weighted by Gasteiger charge is -2.36. The summed E-state index contributed by atoms with van der Waals surface area (Å²) >= 11 is 0. The van der Waals surface area contributed by atoms with Gasteiger partial charge in [0.05, 0.1) is 6.42 Å². The molecule has 0 radical (unpaired) electrons. The van der Waals surface area contributed by atoms with E-state index in [9.17, 15) is 9.59 Å². The predicted molar refractivity (Wildman–Crippen MR) is 62.6 cm³/mol. The Hall–Kier alpha value is -1.10. The third kappa shape index (κ3) is 4.34. The molecule has 1 unspecified atom stereocenters. The minimum atomic E-state index is -1.01. The number of aliphatic carboxylic acids is 2. The van der Waals surface area contributed by atoms with Crippen LogP contribution >= 0.6 is 0 Å². The molecule has 0 amide bonds. The summed E-state index contributed by atoms with van der Waals surface area (Å²) in [5, 5.41) is 17.7.